The summed E-state index contributed by atoms with van der Waals surface area (Å²) in [6.45, 7) is 6.10. The minimum Gasteiger partial charge on any atom is -0.367 e. The molecule has 2 atom stereocenters. The lowest BCUT2D eigenvalue weighted by atomic mass is 10.1. The third-order valence-corrected chi connectivity index (χ3v) is 3.72. The molecule has 1 aliphatic rings. The first kappa shape index (κ1) is 18.2. The minimum atomic E-state index is 0. The number of carbonyl (C=O) groups is 1. The van der Waals surface area contributed by atoms with Crippen LogP contribution in [0.15, 0.2) is 24.3 Å². The van der Waals surface area contributed by atoms with Gasteiger partial charge in [-0.15, -0.1) is 12.4 Å². The maximum Gasteiger partial charge on any atom is 0.248 e. The summed E-state index contributed by atoms with van der Waals surface area (Å²) < 4.78 is 5.49. The van der Waals surface area contributed by atoms with E-state index in [0.717, 1.165) is 18.7 Å². The molecule has 1 aliphatic heterocycles. The largest absolute Gasteiger partial charge is 0.367 e. The fourth-order valence-electron chi connectivity index (χ4n) is 2.49. The Morgan fingerprint density at radius 1 is 1.33 bits per heavy atom. The summed E-state index contributed by atoms with van der Waals surface area (Å²) in [5.74, 6) is 0.0391. The van der Waals surface area contributed by atoms with Crippen molar-refractivity contribution in [1.29, 1.82) is 0 Å². The number of halogens is 2. The summed E-state index contributed by atoms with van der Waals surface area (Å²) in [7, 11) is 0. The van der Waals surface area contributed by atoms with E-state index in [1.165, 1.54) is 0 Å². The molecular weight excluding hydrogens is 311 g/mol. The number of piperazine rings is 1. The van der Waals surface area contributed by atoms with Crippen LogP contribution in [0.1, 0.15) is 19.4 Å². The lowest BCUT2D eigenvalue weighted by Crippen LogP contribution is -2.56. The van der Waals surface area contributed by atoms with Gasteiger partial charge in [0.1, 0.15) is 6.61 Å². The molecule has 0 saturated carbocycles. The molecule has 1 aromatic carbocycles. The number of carbonyl (C=O) groups excluding carboxylic acids is 1. The number of nitrogens with zero attached hydrogens (tertiary/aromatic N) is 1. The molecule has 21 heavy (non-hydrogen) atoms. The molecule has 0 aliphatic carbocycles. The van der Waals surface area contributed by atoms with E-state index in [2.05, 4.69) is 19.2 Å². The number of amides is 1. The molecule has 0 radical (unpaired) electrons. The second-order valence-corrected chi connectivity index (χ2v) is 5.76. The maximum atomic E-state index is 12.1. The molecule has 1 amide bonds. The topological polar surface area (TPSA) is 41.6 Å². The number of nitrogens with one attached hydrogen (secondary N) is 1. The molecule has 4 nitrogen and oxygen atoms in total. The summed E-state index contributed by atoms with van der Waals surface area (Å²) >= 11 is 6.04. The molecule has 1 fully saturated rings. The predicted octanol–water partition coefficient (Wildman–Crippen LogP) is 2.49. The molecule has 1 saturated heterocycles. The zero-order valence-corrected chi connectivity index (χ0v) is 13.9. The van der Waals surface area contributed by atoms with E-state index in [9.17, 15) is 4.79 Å². The van der Waals surface area contributed by atoms with Crippen LogP contribution in [0.5, 0.6) is 0 Å². The van der Waals surface area contributed by atoms with Gasteiger partial charge in [-0.25, -0.2) is 0 Å². The summed E-state index contributed by atoms with van der Waals surface area (Å²) in [5.41, 5.74) is 0.906. The van der Waals surface area contributed by atoms with Crippen LogP contribution in [0.25, 0.3) is 0 Å². The Kier molecular flexibility index (Phi) is 7.46. The van der Waals surface area contributed by atoms with Crippen LogP contribution in [-0.4, -0.2) is 42.6 Å². The molecule has 0 aromatic heterocycles. The van der Waals surface area contributed by atoms with E-state index < -0.39 is 0 Å². The number of benzene rings is 1. The Bertz CT molecular complexity index is 461. The molecule has 1 aromatic rings. The third kappa shape index (κ3) is 5.47. The second kappa shape index (κ2) is 8.59. The molecular formula is C15H22Cl2N2O2. The highest BCUT2D eigenvalue weighted by atomic mass is 35.5. The zero-order chi connectivity index (χ0) is 14.5. The van der Waals surface area contributed by atoms with Gasteiger partial charge >= 0.3 is 0 Å². The second-order valence-electron chi connectivity index (χ2n) is 5.35. The fraction of sp³-hybridized carbons (Fsp3) is 0.533. The molecule has 118 valence electrons. The number of rotatable bonds is 4. The van der Waals surface area contributed by atoms with Crippen molar-refractivity contribution in [3.63, 3.8) is 0 Å². The van der Waals surface area contributed by atoms with Gasteiger partial charge in [0.15, 0.2) is 0 Å². The Morgan fingerprint density at radius 3 is 2.57 bits per heavy atom. The van der Waals surface area contributed by atoms with Gasteiger partial charge in [-0.1, -0.05) is 29.8 Å². The van der Waals surface area contributed by atoms with Gasteiger partial charge in [-0.05, 0) is 25.5 Å². The van der Waals surface area contributed by atoms with Crippen molar-refractivity contribution in [3.8, 4) is 0 Å². The van der Waals surface area contributed by atoms with E-state index in [4.69, 9.17) is 16.3 Å². The Hall–Kier alpha value is -0.810. The van der Waals surface area contributed by atoms with E-state index in [0.29, 0.717) is 23.7 Å². The van der Waals surface area contributed by atoms with E-state index >= 15 is 0 Å². The van der Waals surface area contributed by atoms with Crippen molar-refractivity contribution < 1.29 is 9.53 Å². The molecule has 0 spiro atoms. The summed E-state index contributed by atoms with van der Waals surface area (Å²) in [4.78, 5) is 14.0. The smallest absolute Gasteiger partial charge is 0.248 e. The van der Waals surface area contributed by atoms with Crippen LogP contribution in [0.2, 0.25) is 5.02 Å². The first-order valence-electron chi connectivity index (χ1n) is 6.91. The maximum absolute atomic E-state index is 12.1. The summed E-state index contributed by atoms with van der Waals surface area (Å²) in [6.07, 6.45) is 0. The van der Waals surface area contributed by atoms with Gasteiger partial charge in [0.05, 0.1) is 6.61 Å². The highest BCUT2D eigenvalue weighted by Gasteiger charge is 2.24. The van der Waals surface area contributed by atoms with Crippen LogP contribution in [0.3, 0.4) is 0 Å². The minimum absolute atomic E-state index is 0. The molecule has 6 heteroatoms. The third-order valence-electron chi connectivity index (χ3n) is 3.35. The fourth-order valence-corrected chi connectivity index (χ4v) is 2.68. The van der Waals surface area contributed by atoms with Gasteiger partial charge in [0.2, 0.25) is 5.91 Å². The van der Waals surface area contributed by atoms with E-state index in [-0.39, 0.29) is 24.9 Å². The molecule has 1 heterocycles. The number of hydrogen-bond acceptors (Lipinski definition) is 3. The lowest BCUT2D eigenvalue weighted by molar-refractivity contribution is -0.138. The van der Waals surface area contributed by atoms with Crippen molar-refractivity contribution in [2.24, 2.45) is 0 Å². The quantitative estimate of drug-likeness (QED) is 0.920. The monoisotopic (exact) mass is 332 g/mol. The lowest BCUT2D eigenvalue weighted by Gasteiger charge is -2.36. The van der Waals surface area contributed by atoms with Crippen LogP contribution in [-0.2, 0) is 16.1 Å². The van der Waals surface area contributed by atoms with Crippen LogP contribution in [0, 0.1) is 0 Å². The van der Waals surface area contributed by atoms with Gasteiger partial charge in [-0.3, -0.25) is 4.79 Å². The van der Waals surface area contributed by atoms with Gasteiger partial charge in [0, 0.05) is 30.2 Å². The summed E-state index contributed by atoms with van der Waals surface area (Å²) in [6, 6.07) is 8.16. The average molecular weight is 333 g/mol. The first-order chi connectivity index (χ1) is 9.56. The van der Waals surface area contributed by atoms with Crippen LogP contribution < -0.4 is 5.32 Å². The Morgan fingerprint density at radius 2 is 1.95 bits per heavy atom. The molecule has 2 unspecified atom stereocenters. The predicted molar refractivity (Wildman–Crippen MR) is 87.0 cm³/mol. The van der Waals surface area contributed by atoms with Gasteiger partial charge < -0.3 is 15.0 Å². The molecule has 2 rings (SSSR count). The SMILES string of the molecule is CC1CN(C(=O)COCc2ccccc2Cl)CC(C)N1.Cl. The van der Waals surface area contributed by atoms with E-state index in [1.807, 2.05) is 29.2 Å². The number of hydrogen-bond donors (Lipinski definition) is 1. The van der Waals surface area contributed by atoms with Crippen LogP contribution in [0.4, 0.5) is 0 Å². The Balaban J connectivity index is 0.00000220. The zero-order valence-electron chi connectivity index (χ0n) is 12.3. The average Bonchev–Trinajstić information content (AvgIpc) is 2.39. The summed E-state index contributed by atoms with van der Waals surface area (Å²) in [5, 5.41) is 4.07. The number of ether oxygens (including phenoxy) is 1. The molecule has 0 bridgehead atoms. The standard InChI is InChI=1S/C15H21ClN2O2.ClH/c1-11-7-18(8-12(2)17-11)15(19)10-20-9-13-5-3-4-6-14(13)16;/h3-6,11-12,17H,7-10H2,1-2H3;1H. The van der Waals surface area contributed by atoms with Crippen molar-refractivity contribution in [2.75, 3.05) is 19.7 Å². The van der Waals surface area contributed by atoms with Crippen molar-refractivity contribution >= 4 is 29.9 Å². The highest BCUT2D eigenvalue weighted by molar-refractivity contribution is 6.31. The normalized spacial score (nSPS) is 21.8. The van der Waals surface area contributed by atoms with E-state index in [1.54, 1.807) is 0 Å². The van der Waals surface area contributed by atoms with Gasteiger partial charge in [0.25, 0.3) is 0 Å². The van der Waals surface area contributed by atoms with Gasteiger partial charge in [-0.2, -0.15) is 0 Å². The first-order valence-corrected chi connectivity index (χ1v) is 7.29. The molecule has 1 N–H and O–H groups in total. The van der Waals surface area contributed by atoms with Crippen molar-refractivity contribution in [3.05, 3.63) is 34.9 Å². The Labute approximate surface area is 137 Å². The van der Waals surface area contributed by atoms with Crippen molar-refractivity contribution in [1.82, 2.24) is 10.2 Å². The van der Waals surface area contributed by atoms with Crippen LogP contribution >= 0.6 is 24.0 Å². The highest BCUT2D eigenvalue weighted by Crippen LogP contribution is 2.15. The van der Waals surface area contributed by atoms with Crippen molar-refractivity contribution in [2.45, 2.75) is 32.5 Å².